The minimum absolute atomic E-state index is 0.332. The number of hydrogen-bond acceptors (Lipinski definition) is 3. The number of hydrogen-bond donors (Lipinski definition) is 3. The van der Waals surface area contributed by atoms with Crippen molar-refractivity contribution in [3.63, 3.8) is 0 Å². The zero-order valence-corrected chi connectivity index (χ0v) is 10.3. The van der Waals surface area contributed by atoms with Crippen molar-refractivity contribution >= 4 is 5.91 Å². The lowest BCUT2D eigenvalue weighted by Gasteiger charge is -2.27. The van der Waals surface area contributed by atoms with Crippen LogP contribution in [0.2, 0.25) is 0 Å². The van der Waals surface area contributed by atoms with Crippen LogP contribution in [0.15, 0.2) is 30.3 Å². The maximum Gasteiger partial charge on any atom is 0.237 e. The molecular formula is C13H21N3O. The summed E-state index contributed by atoms with van der Waals surface area (Å²) >= 11 is 0. The third-order valence-electron chi connectivity index (χ3n) is 2.95. The quantitative estimate of drug-likeness (QED) is 0.652. The third kappa shape index (κ3) is 4.17. The molecule has 0 saturated carbocycles. The molecule has 0 aromatic heterocycles. The number of primary amides is 1. The van der Waals surface area contributed by atoms with Crippen LogP contribution in [-0.4, -0.2) is 18.0 Å². The lowest BCUT2D eigenvalue weighted by Crippen LogP contribution is -2.52. The van der Waals surface area contributed by atoms with E-state index in [0.29, 0.717) is 19.5 Å². The summed E-state index contributed by atoms with van der Waals surface area (Å²) in [6, 6.07) is 9.93. The standard InChI is InChI=1S/C13H21N3O/c1-13(12(15)17,8-5-9-14)16-10-11-6-3-2-4-7-11/h2-4,6-7,16H,5,8-10,14H2,1H3,(H2,15,17). The molecule has 0 fully saturated rings. The van der Waals surface area contributed by atoms with Gasteiger partial charge in [-0.25, -0.2) is 0 Å². The molecule has 0 radical (unpaired) electrons. The number of nitrogens with one attached hydrogen (secondary N) is 1. The van der Waals surface area contributed by atoms with Gasteiger partial charge in [-0.3, -0.25) is 10.1 Å². The van der Waals surface area contributed by atoms with Crippen LogP contribution < -0.4 is 16.8 Å². The summed E-state index contributed by atoms with van der Waals surface area (Å²) in [6.07, 6.45) is 1.44. The van der Waals surface area contributed by atoms with E-state index in [1.54, 1.807) is 0 Å². The zero-order valence-electron chi connectivity index (χ0n) is 10.3. The van der Waals surface area contributed by atoms with E-state index in [-0.39, 0.29) is 5.91 Å². The second kappa shape index (κ2) is 6.37. The summed E-state index contributed by atoms with van der Waals surface area (Å²) in [4.78, 5) is 11.5. The Morgan fingerprint density at radius 1 is 1.35 bits per heavy atom. The van der Waals surface area contributed by atoms with E-state index in [0.717, 1.165) is 12.0 Å². The molecule has 1 rings (SSSR count). The molecule has 0 heterocycles. The largest absolute Gasteiger partial charge is 0.368 e. The van der Waals surface area contributed by atoms with E-state index in [1.807, 2.05) is 37.3 Å². The van der Waals surface area contributed by atoms with Gasteiger partial charge in [0.15, 0.2) is 0 Å². The predicted octanol–water partition coefficient (Wildman–Crippen LogP) is 0.759. The molecular weight excluding hydrogens is 214 g/mol. The average Bonchev–Trinajstić information content (AvgIpc) is 2.35. The number of carbonyl (C=O) groups is 1. The van der Waals surface area contributed by atoms with Crippen molar-refractivity contribution < 1.29 is 4.79 Å². The van der Waals surface area contributed by atoms with Crippen LogP contribution in [0.1, 0.15) is 25.3 Å². The fraction of sp³-hybridized carbons (Fsp3) is 0.462. The first-order valence-corrected chi connectivity index (χ1v) is 5.87. The average molecular weight is 235 g/mol. The fourth-order valence-corrected chi connectivity index (χ4v) is 1.65. The van der Waals surface area contributed by atoms with E-state index in [4.69, 9.17) is 11.5 Å². The SMILES string of the molecule is CC(CCCN)(NCc1ccccc1)C(N)=O. The van der Waals surface area contributed by atoms with Gasteiger partial charge >= 0.3 is 0 Å². The number of carbonyl (C=O) groups excluding carboxylic acids is 1. The van der Waals surface area contributed by atoms with Gasteiger partial charge in [0.05, 0.1) is 5.54 Å². The predicted molar refractivity (Wildman–Crippen MR) is 69.2 cm³/mol. The highest BCUT2D eigenvalue weighted by molar-refractivity contribution is 5.84. The first kappa shape index (κ1) is 13.7. The lowest BCUT2D eigenvalue weighted by atomic mass is 9.94. The van der Waals surface area contributed by atoms with Crippen molar-refractivity contribution in [1.82, 2.24) is 5.32 Å². The molecule has 1 aromatic rings. The van der Waals surface area contributed by atoms with Crippen LogP contribution in [0.3, 0.4) is 0 Å². The van der Waals surface area contributed by atoms with E-state index >= 15 is 0 Å². The Kier molecular flexibility index (Phi) is 5.12. The molecule has 17 heavy (non-hydrogen) atoms. The molecule has 1 atom stereocenters. The first-order valence-electron chi connectivity index (χ1n) is 5.87. The van der Waals surface area contributed by atoms with Crippen molar-refractivity contribution in [2.24, 2.45) is 11.5 Å². The Morgan fingerprint density at radius 2 is 2.00 bits per heavy atom. The van der Waals surface area contributed by atoms with Gasteiger partial charge in [-0.05, 0) is 31.9 Å². The maximum atomic E-state index is 11.5. The molecule has 0 spiro atoms. The molecule has 0 aliphatic carbocycles. The first-order chi connectivity index (χ1) is 8.08. The van der Waals surface area contributed by atoms with Crippen LogP contribution in [0.25, 0.3) is 0 Å². The second-order valence-electron chi connectivity index (χ2n) is 4.43. The van der Waals surface area contributed by atoms with Gasteiger partial charge < -0.3 is 11.5 Å². The van der Waals surface area contributed by atoms with Crippen molar-refractivity contribution in [2.75, 3.05) is 6.54 Å². The van der Waals surface area contributed by atoms with Gasteiger partial charge in [-0.1, -0.05) is 30.3 Å². The van der Waals surface area contributed by atoms with Crippen molar-refractivity contribution in [2.45, 2.75) is 31.8 Å². The highest BCUT2D eigenvalue weighted by Gasteiger charge is 2.29. The summed E-state index contributed by atoms with van der Waals surface area (Å²) in [7, 11) is 0. The van der Waals surface area contributed by atoms with E-state index in [1.165, 1.54) is 0 Å². The van der Waals surface area contributed by atoms with Crippen LogP contribution in [0, 0.1) is 0 Å². The zero-order chi connectivity index (χ0) is 12.7. The van der Waals surface area contributed by atoms with Crippen LogP contribution >= 0.6 is 0 Å². The molecule has 4 heteroatoms. The number of rotatable bonds is 7. The summed E-state index contributed by atoms with van der Waals surface area (Å²) < 4.78 is 0. The number of amides is 1. The van der Waals surface area contributed by atoms with Crippen molar-refractivity contribution in [3.8, 4) is 0 Å². The van der Waals surface area contributed by atoms with Gasteiger partial charge in [0, 0.05) is 6.54 Å². The van der Waals surface area contributed by atoms with Gasteiger partial charge in [0.25, 0.3) is 0 Å². The summed E-state index contributed by atoms with van der Waals surface area (Å²) in [5.74, 6) is -0.332. The van der Waals surface area contributed by atoms with Gasteiger partial charge in [0.2, 0.25) is 5.91 Å². The van der Waals surface area contributed by atoms with Gasteiger partial charge in [-0.15, -0.1) is 0 Å². The Balaban J connectivity index is 2.58. The molecule has 0 aliphatic rings. The molecule has 4 nitrogen and oxygen atoms in total. The minimum Gasteiger partial charge on any atom is -0.368 e. The Labute approximate surface area is 102 Å². The third-order valence-corrected chi connectivity index (χ3v) is 2.95. The molecule has 0 bridgehead atoms. The smallest absolute Gasteiger partial charge is 0.237 e. The summed E-state index contributed by atoms with van der Waals surface area (Å²) in [5.41, 5.74) is 11.3. The normalized spacial score (nSPS) is 14.2. The Morgan fingerprint density at radius 3 is 2.53 bits per heavy atom. The van der Waals surface area contributed by atoms with Gasteiger partial charge in [0.1, 0.15) is 0 Å². The van der Waals surface area contributed by atoms with E-state index < -0.39 is 5.54 Å². The monoisotopic (exact) mass is 235 g/mol. The maximum absolute atomic E-state index is 11.5. The van der Waals surface area contributed by atoms with Crippen molar-refractivity contribution in [3.05, 3.63) is 35.9 Å². The molecule has 5 N–H and O–H groups in total. The number of nitrogens with two attached hydrogens (primary N) is 2. The molecule has 0 saturated heterocycles. The molecule has 1 amide bonds. The summed E-state index contributed by atoms with van der Waals surface area (Å²) in [5, 5.41) is 3.22. The van der Waals surface area contributed by atoms with E-state index in [9.17, 15) is 4.79 Å². The molecule has 0 aliphatic heterocycles. The molecule has 1 aromatic carbocycles. The highest BCUT2D eigenvalue weighted by atomic mass is 16.1. The van der Waals surface area contributed by atoms with Crippen molar-refractivity contribution in [1.29, 1.82) is 0 Å². The Hall–Kier alpha value is -1.39. The fourth-order valence-electron chi connectivity index (χ4n) is 1.65. The topological polar surface area (TPSA) is 81.1 Å². The molecule has 1 unspecified atom stereocenters. The Bertz CT molecular complexity index is 353. The van der Waals surface area contributed by atoms with Crippen LogP contribution in [-0.2, 0) is 11.3 Å². The lowest BCUT2D eigenvalue weighted by molar-refractivity contribution is -0.124. The highest BCUT2D eigenvalue weighted by Crippen LogP contribution is 2.12. The molecule has 94 valence electrons. The van der Waals surface area contributed by atoms with E-state index in [2.05, 4.69) is 5.32 Å². The minimum atomic E-state index is -0.685. The summed E-state index contributed by atoms with van der Waals surface area (Å²) in [6.45, 7) is 3.02. The van der Waals surface area contributed by atoms with Gasteiger partial charge in [-0.2, -0.15) is 0 Å². The van der Waals surface area contributed by atoms with Crippen LogP contribution in [0.5, 0.6) is 0 Å². The number of benzene rings is 1. The van der Waals surface area contributed by atoms with Crippen LogP contribution in [0.4, 0.5) is 0 Å². The second-order valence-corrected chi connectivity index (χ2v) is 4.43.